The Kier molecular flexibility index (Phi) is 9.66. The Balaban J connectivity index is 2.48. The molecule has 1 atom stereocenters. The van der Waals surface area contributed by atoms with E-state index in [2.05, 4.69) is 49.3 Å². The number of aromatic nitrogens is 2. The maximum absolute atomic E-state index is 12.8. The van der Waals surface area contributed by atoms with Crippen LogP contribution in [0.2, 0.25) is 23.2 Å². The minimum atomic E-state index is -2.28. The Hall–Kier alpha value is -2.24. The molecule has 35 heavy (non-hydrogen) atoms. The van der Waals surface area contributed by atoms with Crippen LogP contribution in [0, 0.1) is 6.92 Å². The highest BCUT2D eigenvalue weighted by molar-refractivity contribution is 7.98. The summed E-state index contributed by atoms with van der Waals surface area (Å²) in [6, 6.07) is 1.22. The maximum Gasteiger partial charge on any atom is 0.339 e. The Labute approximate surface area is 216 Å². The van der Waals surface area contributed by atoms with Crippen molar-refractivity contribution in [2.45, 2.75) is 64.5 Å². The Morgan fingerprint density at radius 3 is 2.40 bits per heavy atom. The summed E-state index contributed by atoms with van der Waals surface area (Å²) in [5.74, 6) is 1.57. The summed E-state index contributed by atoms with van der Waals surface area (Å²) < 4.78 is 22.4. The number of hydrogen-bond donors (Lipinski definition) is 1. The number of esters is 1. The third kappa shape index (κ3) is 7.14. The molecule has 0 spiro atoms. The molecule has 0 aliphatic rings. The standard InChI is InChI=1S/C23H34ClN3O6SSi/c1-13-25-21(32-27-13)16(26-14(2)28)12-34-11-15-17(33-35(8,9)23(3,4)5)10-18(30-6)20(24)19(15)22(29)31-7/h10,16H,11-12H2,1-9H3,(H,26,28). The molecule has 1 unspecified atom stereocenters. The average Bonchev–Trinajstić information content (AvgIpc) is 3.19. The lowest BCUT2D eigenvalue weighted by molar-refractivity contribution is -0.119. The SMILES string of the molecule is COC(=O)c1c(Cl)c(OC)cc(O[Si](C)(C)C(C)(C)C)c1CSCC(NC(C)=O)c1nc(C)no1. The number of nitrogens with zero attached hydrogens (tertiary/aromatic N) is 2. The van der Waals surface area contributed by atoms with Gasteiger partial charge in [0.05, 0.1) is 24.8 Å². The maximum atomic E-state index is 12.8. The summed E-state index contributed by atoms with van der Waals surface area (Å²) in [7, 11) is 0.502. The van der Waals surface area contributed by atoms with Crippen LogP contribution in [0.25, 0.3) is 0 Å². The van der Waals surface area contributed by atoms with E-state index in [-0.39, 0.29) is 21.5 Å². The predicted octanol–water partition coefficient (Wildman–Crippen LogP) is 5.32. The molecule has 0 aliphatic heterocycles. The lowest BCUT2D eigenvalue weighted by Crippen LogP contribution is -2.44. The molecule has 2 aromatic rings. The fourth-order valence-corrected chi connectivity index (χ4v) is 5.36. The van der Waals surface area contributed by atoms with Gasteiger partial charge in [-0.05, 0) is 25.1 Å². The van der Waals surface area contributed by atoms with E-state index in [9.17, 15) is 9.59 Å². The molecule has 194 valence electrons. The first-order valence-electron chi connectivity index (χ1n) is 11.0. The number of carbonyl (C=O) groups excluding carboxylic acids is 2. The molecule has 9 nitrogen and oxygen atoms in total. The lowest BCUT2D eigenvalue weighted by Gasteiger charge is -2.37. The molecule has 1 aromatic heterocycles. The average molecular weight is 544 g/mol. The van der Waals surface area contributed by atoms with E-state index in [1.807, 2.05) is 0 Å². The lowest BCUT2D eigenvalue weighted by atomic mass is 10.1. The van der Waals surface area contributed by atoms with E-state index < -0.39 is 20.3 Å². The van der Waals surface area contributed by atoms with Crippen molar-refractivity contribution in [3.05, 3.63) is 33.9 Å². The normalized spacial score (nSPS) is 12.7. The van der Waals surface area contributed by atoms with Gasteiger partial charge in [-0.1, -0.05) is 37.5 Å². The largest absolute Gasteiger partial charge is 0.543 e. The first kappa shape index (κ1) is 29.0. The topological polar surface area (TPSA) is 113 Å². The van der Waals surface area contributed by atoms with Gasteiger partial charge in [-0.2, -0.15) is 16.7 Å². The third-order valence-corrected chi connectivity index (χ3v) is 11.6. The number of methoxy groups -OCH3 is 2. The van der Waals surface area contributed by atoms with Crippen molar-refractivity contribution in [2.24, 2.45) is 0 Å². The molecular weight excluding hydrogens is 510 g/mol. The highest BCUT2D eigenvalue weighted by Gasteiger charge is 2.40. The van der Waals surface area contributed by atoms with Crippen LogP contribution in [0.15, 0.2) is 10.6 Å². The number of hydrogen-bond acceptors (Lipinski definition) is 9. The minimum Gasteiger partial charge on any atom is -0.543 e. The molecule has 1 N–H and O–H groups in total. The highest BCUT2D eigenvalue weighted by atomic mass is 35.5. The van der Waals surface area contributed by atoms with Gasteiger partial charge in [-0.3, -0.25) is 4.79 Å². The van der Waals surface area contributed by atoms with Gasteiger partial charge < -0.3 is 23.7 Å². The summed E-state index contributed by atoms with van der Waals surface area (Å²) in [5.41, 5.74) is 0.792. The van der Waals surface area contributed by atoms with E-state index in [1.165, 1.54) is 32.9 Å². The van der Waals surface area contributed by atoms with E-state index in [0.717, 1.165) is 0 Å². The van der Waals surface area contributed by atoms with Gasteiger partial charge in [0.15, 0.2) is 5.82 Å². The second-order valence-electron chi connectivity index (χ2n) is 9.55. The molecule has 0 saturated heterocycles. The molecule has 0 fully saturated rings. The summed E-state index contributed by atoms with van der Waals surface area (Å²) in [5, 5.41) is 6.72. The van der Waals surface area contributed by atoms with Crippen LogP contribution in [0.4, 0.5) is 0 Å². The molecule has 1 aromatic carbocycles. The van der Waals surface area contributed by atoms with Crippen LogP contribution in [0.3, 0.4) is 0 Å². The molecule has 0 bridgehead atoms. The van der Waals surface area contributed by atoms with E-state index in [4.69, 9.17) is 30.0 Å². The van der Waals surface area contributed by atoms with E-state index in [0.29, 0.717) is 40.3 Å². The van der Waals surface area contributed by atoms with Crippen LogP contribution < -0.4 is 14.5 Å². The zero-order valence-corrected chi connectivity index (χ0v) is 24.3. The third-order valence-electron chi connectivity index (χ3n) is 5.83. The molecule has 12 heteroatoms. The van der Waals surface area contributed by atoms with Crippen LogP contribution in [-0.2, 0) is 15.3 Å². The molecular formula is C23H34ClN3O6SSi. The number of nitrogens with one attached hydrogen (secondary N) is 1. The van der Waals surface area contributed by atoms with Crippen molar-refractivity contribution in [3.63, 3.8) is 0 Å². The van der Waals surface area contributed by atoms with Crippen molar-refractivity contribution < 1.29 is 28.0 Å². The monoisotopic (exact) mass is 543 g/mol. The second kappa shape index (κ2) is 11.7. The van der Waals surface area contributed by atoms with Crippen LogP contribution >= 0.6 is 23.4 Å². The van der Waals surface area contributed by atoms with Gasteiger partial charge in [0.25, 0.3) is 0 Å². The number of amides is 1. The van der Waals surface area contributed by atoms with Gasteiger partial charge >= 0.3 is 5.97 Å². The summed E-state index contributed by atoms with van der Waals surface area (Å²) in [6.45, 7) is 13.8. The van der Waals surface area contributed by atoms with Crippen LogP contribution in [-0.4, -0.2) is 50.3 Å². The predicted molar refractivity (Wildman–Crippen MR) is 139 cm³/mol. The molecule has 0 aliphatic carbocycles. The molecule has 1 amide bonds. The molecule has 2 rings (SSSR count). The van der Waals surface area contributed by atoms with Gasteiger partial charge in [-0.15, -0.1) is 0 Å². The first-order valence-corrected chi connectivity index (χ1v) is 15.5. The molecule has 1 heterocycles. The van der Waals surface area contributed by atoms with Crippen molar-refractivity contribution >= 4 is 43.6 Å². The number of benzene rings is 1. The second-order valence-corrected chi connectivity index (χ2v) is 15.7. The van der Waals surface area contributed by atoms with Gasteiger partial charge in [0.1, 0.15) is 17.5 Å². The van der Waals surface area contributed by atoms with Crippen molar-refractivity contribution in [3.8, 4) is 11.5 Å². The fraction of sp³-hybridized carbons (Fsp3) is 0.565. The van der Waals surface area contributed by atoms with Crippen molar-refractivity contribution in [1.82, 2.24) is 15.5 Å². The van der Waals surface area contributed by atoms with Gasteiger partial charge in [-0.25, -0.2) is 4.79 Å². The summed E-state index contributed by atoms with van der Waals surface area (Å²) in [4.78, 5) is 28.8. The number of carbonyl (C=O) groups is 2. The number of aryl methyl sites for hydroxylation is 1. The zero-order chi connectivity index (χ0) is 26.6. The van der Waals surface area contributed by atoms with E-state index >= 15 is 0 Å². The number of thioether (sulfide) groups is 1. The first-order chi connectivity index (χ1) is 16.2. The summed E-state index contributed by atoms with van der Waals surface area (Å²) in [6.07, 6.45) is 0. The molecule has 0 saturated carbocycles. The number of halogens is 1. The Morgan fingerprint density at radius 1 is 1.26 bits per heavy atom. The van der Waals surface area contributed by atoms with Crippen molar-refractivity contribution in [2.75, 3.05) is 20.0 Å². The Bertz CT molecular complexity index is 1070. The highest BCUT2D eigenvalue weighted by Crippen LogP contribution is 2.44. The fourth-order valence-electron chi connectivity index (χ4n) is 2.93. The van der Waals surface area contributed by atoms with E-state index in [1.54, 1.807) is 13.0 Å². The summed E-state index contributed by atoms with van der Waals surface area (Å²) >= 11 is 8.02. The van der Waals surface area contributed by atoms with Crippen molar-refractivity contribution in [1.29, 1.82) is 0 Å². The number of rotatable bonds is 10. The van der Waals surface area contributed by atoms with Gasteiger partial charge in [0, 0.05) is 30.1 Å². The number of ether oxygens (including phenoxy) is 2. The minimum absolute atomic E-state index is 0.0813. The quantitative estimate of drug-likeness (QED) is 0.314. The molecule has 0 radical (unpaired) electrons. The zero-order valence-electron chi connectivity index (χ0n) is 21.7. The Morgan fingerprint density at radius 2 is 1.91 bits per heavy atom. The smallest absolute Gasteiger partial charge is 0.339 e. The van der Waals surface area contributed by atoms with Gasteiger partial charge in [0.2, 0.25) is 20.1 Å². The van der Waals surface area contributed by atoms with Crippen LogP contribution in [0.1, 0.15) is 61.4 Å². The van der Waals surface area contributed by atoms with Crippen LogP contribution in [0.5, 0.6) is 11.5 Å².